The van der Waals surface area contributed by atoms with Gasteiger partial charge in [0, 0.05) is 37.5 Å². The fourth-order valence-electron chi connectivity index (χ4n) is 5.26. The number of amides is 6. The maximum Gasteiger partial charge on any atom is 0.416 e. The molecule has 0 saturated heterocycles. The van der Waals surface area contributed by atoms with E-state index in [-0.39, 0.29) is 46.4 Å². The van der Waals surface area contributed by atoms with Crippen molar-refractivity contribution in [3.05, 3.63) is 129 Å². The molecule has 9 N–H and O–H groups in total. The Bertz CT molecular complexity index is 2210. The number of phenols is 3. The third-order valence-electron chi connectivity index (χ3n) is 8.13. The van der Waals surface area contributed by atoms with E-state index in [0.717, 1.165) is 49.9 Å². The minimum absolute atomic E-state index is 0.0122. The average Bonchev–Trinajstić information content (AvgIpc) is 3.18. The minimum Gasteiger partial charge on any atom is -0.506 e. The highest BCUT2D eigenvalue weighted by atomic mass is 35.5. The van der Waals surface area contributed by atoms with Crippen LogP contribution in [0.15, 0.2) is 103 Å². The molecule has 0 radical (unpaired) electrons. The summed E-state index contributed by atoms with van der Waals surface area (Å²) in [6.07, 6.45) is 1.17. The molecule has 0 spiro atoms. The van der Waals surface area contributed by atoms with E-state index >= 15 is 0 Å². The van der Waals surface area contributed by atoms with Crippen LogP contribution in [-0.2, 0) is 6.18 Å². The summed E-state index contributed by atoms with van der Waals surface area (Å²) in [6.45, 7) is 0. The molecule has 312 valence electrons. The van der Waals surface area contributed by atoms with Crippen LogP contribution in [0.5, 0.6) is 17.2 Å². The molecule has 5 aromatic carbocycles. The number of carbonyl (C=O) groups excluding carboxylic acids is 3. The molecule has 6 amide bonds. The first-order valence-corrected chi connectivity index (χ1v) is 19.1. The second-order valence-corrected chi connectivity index (χ2v) is 14.4. The molecule has 0 unspecified atom stereocenters. The molecule has 0 aliphatic heterocycles. The molecule has 5 aromatic rings. The first kappa shape index (κ1) is 46.0. The van der Waals surface area contributed by atoms with Crippen molar-refractivity contribution in [2.45, 2.75) is 44.3 Å². The molecule has 0 heterocycles. The highest BCUT2D eigenvalue weighted by Crippen LogP contribution is 2.31. The van der Waals surface area contributed by atoms with Crippen molar-refractivity contribution >= 4 is 92.9 Å². The minimum atomic E-state index is -4.44. The molecule has 0 bridgehead atoms. The first-order chi connectivity index (χ1) is 27.9. The maximum absolute atomic E-state index is 12.4. The van der Waals surface area contributed by atoms with Crippen LogP contribution in [0.3, 0.4) is 0 Å². The van der Waals surface area contributed by atoms with Crippen molar-refractivity contribution in [2.75, 3.05) is 26.6 Å². The highest BCUT2D eigenvalue weighted by molar-refractivity contribution is 6.32. The third-order valence-corrected chi connectivity index (χ3v) is 9.09. The summed E-state index contributed by atoms with van der Waals surface area (Å²) in [6, 6.07) is 22.4. The number of phenolic OH excluding ortho intramolecular Hbond substituents is 3. The Hall–Kier alpha value is -5.74. The summed E-state index contributed by atoms with van der Waals surface area (Å²) >= 11 is 23.1. The maximum atomic E-state index is 12.4. The summed E-state index contributed by atoms with van der Waals surface area (Å²) in [5.41, 5.74) is 0.591. The molecular formula is C40H37Cl4F3N6O6. The molecule has 19 heteroatoms. The fourth-order valence-corrected chi connectivity index (χ4v) is 5.90. The third kappa shape index (κ3) is 15.9. The lowest BCUT2D eigenvalue weighted by molar-refractivity contribution is -0.137. The monoisotopic (exact) mass is 894 g/mol. The van der Waals surface area contributed by atoms with Crippen LogP contribution < -0.4 is 31.9 Å². The fraction of sp³-hybridized carbons (Fsp3) is 0.175. The number of alkyl halides is 3. The Morgan fingerprint density at radius 2 is 0.847 bits per heavy atom. The number of carbonyl (C=O) groups is 3. The summed E-state index contributed by atoms with van der Waals surface area (Å²) in [5, 5.41) is 45.8. The predicted molar refractivity (Wildman–Crippen MR) is 227 cm³/mol. The molecule has 12 nitrogen and oxygen atoms in total. The number of nitrogens with one attached hydrogen (secondary N) is 6. The standard InChI is InChI=1S/C14H10ClF3N2O2.C13H10Cl2N2O2.C13H17ClN2O2/c15-9-3-6-12(21)11(7-9)20-13(22)19-10-4-1-8(2-5-10)14(16,17)18;14-8-1-4-10(5-2-8)16-13(19)17-11-7-9(15)3-6-12(11)18;14-9-6-7-12(17)11(8-9)16-13(18)15-10-4-2-1-3-5-10/h1-7,21H,(H2,19,20,22);1-7,18H,(H2,16,17,19);6-8,10,17H,1-5H2,(H2,15,16,18). The smallest absolute Gasteiger partial charge is 0.416 e. The second-order valence-electron chi connectivity index (χ2n) is 12.7. The van der Waals surface area contributed by atoms with Crippen molar-refractivity contribution in [2.24, 2.45) is 0 Å². The number of rotatable bonds is 6. The van der Waals surface area contributed by atoms with E-state index in [0.29, 0.717) is 31.5 Å². The van der Waals surface area contributed by atoms with Crippen LogP contribution in [0.1, 0.15) is 37.7 Å². The molecular weight excluding hydrogens is 859 g/mol. The number of hydrogen-bond acceptors (Lipinski definition) is 6. The van der Waals surface area contributed by atoms with Gasteiger partial charge in [0.2, 0.25) is 0 Å². The van der Waals surface area contributed by atoms with Gasteiger partial charge in [-0.3, -0.25) is 0 Å². The summed E-state index contributed by atoms with van der Waals surface area (Å²) < 4.78 is 37.2. The van der Waals surface area contributed by atoms with E-state index in [9.17, 15) is 42.9 Å². The topological polar surface area (TPSA) is 184 Å². The van der Waals surface area contributed by atoms with Crippen LogP contribution in [0.25, 0.3) is 0 Å². The molecule has 6 rings (SSSR count). The Kier molecular flexibility index (Phi) is 17.0. The van der Waals surface area contributed by atoms with Crippen molar-refractivity contribution in [3.63, 3.8) is 0 Å². The zero-order valence-corrected chi connectivity index (χ0v) is 33.7. The van der Waals surface area contributed by atoms with E-state index in [4.69, 9.17) is 46.4 Å². The van der Waals surface area contributed by atoms with Gasteiger partial charge in [0.15, 0.2) is 0 Å². The van der Waals surface area contributed by atoms with E-state index < -0.39 is 23.8 Å². The van der Waals surface area contributed by atoms with E-state index in [2.05, 4.69) is 31.9 Å². The van der Waals surface area contributed by atoms with Gasteiger partial charge >= 0.3 is 24.3 Å². The molecule has 1 aliphatic carbocycles. The lowest BCUT2D eigenvalue weighted by Gasteiger charge is -2.23. The van der Waals surface area contributed by atoms with Crippen molar-refractivity contribution in [3.8, 4) is 17.2 Å². The SMILES string of the molecule is O=C(Nc1cc(Cl)ccc1O)NC1CCCCC1.O=C(Nc1ccc(C(F)(F)F)cc1)Nc1cc(Cl)ccc1O.O=C(Nc1ccc(Cl)cc1)Nc1cc(Cl)ccc1O. The van der Waals surface area contributed by atoms with Gasteiger partial charge in [0.05, 0.1) is 22.6 Å². The van der Waals surface area contributed by atoms with Crippen LogP contribution in [0.4, 0.5) is 56.0 Å². The van der Waals surface area contributed by atoms with Crippen molar-refractivity contribution in [1.29, 1.82) is 0 Å². The van der Waals surface area contributed by atoms with Crippen LogP contribution in [0.2, 0.25) is 20.1 Å². The van der Waals surface area contributed by atoms with Gasteiger partial charge in [0.1, 0.15) is 17.2 Å². The van der Waals surface area contributed by atoms with E-state index in [1.807, 2.05) is 0 Å². The van der Waals surface area contributed by atoms with Gasteiger partial charge in [-0.1, -0.05) is 65.7 Å². The molecule has 1 saturated carbocycles. The van der Waals surface area contributed by atoms with Crippen molar-refractivity contribution < 1.29 is 42.9 Å². The summed E-state index contributed by atoms with van der Waals surface area (Å²) in [4.78, 5) is 35.2. The van der Waals surface area contributed by atoms with Crippen molar-refractivity contribution in [1.82, 2.24) is 5.32 Å². The average molecular weight is 897 g/mol. The normalized spacial score (nSPS) is 12.3. The quantitative estimate of drug-likeness (QED) is 0.0764. The zero-order valence-electron chi connectivity index (χ0n) is 30.6. The number of hydrogen-bond donors (Lipinski definition) is 9. The highest BCUT2D eigenvalue weighted by Gasteiger charge is 2.30. The van der Waals surface area contributed by atoms with Crippen LogP contribution >= 0.6 is 46.4 Å². The summed E-state index contributed by atoms with van der Waals surface area (Å²) in [5.74, 6) is -0.235. The van der Waals surface area contributed by atoms with Gasteiger partial charge in [0.25, 0.3) is 0 Å². The molecule has 0 aromatic heterocycles. The van der Waals surface area contributed by atoms with Gasteiger partial charge in [-0.25, -0.2) is 14.4 Å². The molecule has 1 aliphatic rings. The molecule has 0 atom stereocenters. The van der Waals surface area contributed by atoms with Gasteiger partial charge in [-0.2, -0.15) is 13.2 Å². The first-order valence-electron chi connectivity index (χ1n) is 17.6. The number of urea groups is 3. The lowest BCUT2D eigenvalue weighted by Crippen LogP contribution is -2.39. The van der Waals surface area contributed by atoms with Gasteiger partial charge in [-0.05, 0) is 116 Å². The zero-order chi connectivity index (χ0) is 43.1. The predicted octanol–water partition coefficient (Wildman–Crippen LogP) is 12.6. The molecule has 59 heavy (non-hydrogen) atoms. The summed E-state index contributed by atoms with van der Waals surface area (Å²) in [7, 11) is 0. The Labute approximate surface area is 356 Å². The van der Waals surface area contributed by atoms with Crippen LogP contribution in [-0.4, -0.2) is 39.5 Å². The Morgan fingerprint density at radius 1 is 0.492 bits per heavy atom. The Balaban J connectivity index is 0.000000197. The Morgan fingerprint density at radius 3 is 1.24 bits per heavy atom. The number of halogens is 7. The molecule has 1 fully saturated rings. The van der Waals surface area contributed by atoms with Gasteiger partial charge in [-0.15, -0.1) is 0 Å². The number of benzene rings is 5. The largest absolute Gasteiger partial charge is 0.506 e. The van der Waals surface area contributed by atoms with Gasteiger partial charge < -0.3 is 47.2 Å². The van der Waals surface area contributed by atoms with E-state index in [1.54, 1.807) is 30.3 Å². The lowest BCUT2D eigenvalue weighted by atomic mass is 9.96. The second kappa shape index (κ2) is 21.9. The number of aromatic hydroxyl groups is 3. The number of anilines is 5. The van der Waals surface area contributed by atoms with E-state index in [1.165, 1.54) is 55.0 Å². The van der Waals surface area contributed by atoms with Crippen LogP contribution in [0, 0.1) is 0 Å².